The van der Waals surface area contributed by atoms with Crippen molar-refractivity contribution in [2.24, 2.45) is 5.92 Å². The van der Waals surface area contributed by atoms with Crippen LogP contribution in [0.4, 0.5) is 4.39 Å². The molecule has 24 heavy (non-hydrogen) atoms. The molecule has 0 heterocycles. The van der Waals surface area contributed by atoms with E-state index in [9.17, 15) is 12.8 Å². The quantitative estimate of drug-likeness (QED) is 0.511. The van der Waals surface area contributed by atoms with Gasteiger partial charge in [-0.05, 0) is 63.1 Å². The highest BCUT2D eigenvalue weighted by Crippen LogP contribution is 2.31. The first-order valence-electron chi connectivity index (χ1n) is 8.44. The van der Waals surface area contributed by atoms with E-state index in [1.165, 1.54) is 6.07 Å². The van der Waals surface area contributed by atoms with Gasteiger partial charge in [0, 0.05) is 6.04 Å². The average Bonchev–Trinajstić information content (AvgIpc) is 3.34. The topological polar surface area (TPSA) is 55.4 Å². The molecule has 1 fully saturated rings. The third-order valence-corrected chi connectivity index (χ3v) is 5.54. The number of ether oxygens (including phenoxy) is 1. The van der Waals surface area contributed by atoms with Gasteiger partial charge in [0.15, 0.2) is 11.6 Å². The number of benzene rings is 1. The summed E-state index contributed by atoms with van der Waals surface area (Å²) in [4.78, 5) is 0. The number of hydrogen-bond donors (Lipinski definition) is 1. The minimum absolute atomic E-state index is 0.0773. The number of nitrogens with one attached hydrogen (secondary N) is 1. The van der Waals surface area contributed by atoms with Crippen molar-refractivity contribution in [1.29, 1.82) is 0 Å². The molecule has 1 aliphatic carbocycles. The molecule has 1 aromatic carbocycles. The third kappa shape index (κ3) is 6.24. The molecule has 1 aliphatic rings. The molecular weight excluding hydrogens is 329 g/mol. The first kappa shape index (κ1) is 18.9. The van der Waals surface area contributed by atoms with Crippen LogP contribution in [-0.2, 0) is 10.0 Å². The largest absolute Gasteiger partial charge is 0.490 e. The van der Waals surface area contributed by atoms with Gasteiger partial charge in [-0.15, -0.1) is 0 Å². The molecule has 0 bridgehead atoms. The summed E-state index contributed by atoms with van der Waals surface area (Å²) in [6, 6.07) is 4.08. The van der Waals surface area contributed by atoms with Gasteiger partial charge in [0.1, 0.15) is 0 Å². The Balaban J connectivity index is 1.94. The van der Waals surface area contributed by atoms with Crippen LogP contribution in [-0.4, -0.2) is 20.8 Å². The molecule has 0 unspecified atom stereocenters. The van der Waals surface area contributed by atoms with Crippen molar-refractivity contribution in [3.05, 3.63) is 41.7 Å². The van der Waals surface area contributed by atoms with E-state index in [4.69, 9.17) is 4.74 Å². The van der Waals surface area contributed by atoms with Crippen LogP contribution >= 0.6 is 0 Å². The molecule has 1 atom stereocenters. The number of sulfonamides is 1. The zero-order valence-corrected chi connectivity index (χ0v) is 15.1. The summed E-state index contributed by atoms with van der Waals surface area (Å²) in [6.07, 6.45) is 7.43. The van der Waals surface area contributed by atoms with E-state index in [1.54, 1.807) is 19.1 Å². The van der Waals surface area contributed by atoms with E-state index in [0.29, 0.717) is 24.5 Å². The standard InChI is InChI=1S/C18H26FNO3S/c1-3-4-5-6-11-24(21,22)20-14(2)16-9-10-17(19)18(12-16)23-13-15-7-8-15/h3-4,9-10,12,14-15,20H,5-8,11,13H2,1-2H3/b4-3+/t14-/m1/s1. The van der Waals surface area contributed by atoms with Crippen molar-refractivity contribution in [1.82, 2.24) is 4.72 Å². The Bertz CT molecular complexity index is 669. The molecule has 1 saturated carbocycles. The van der Waals surface area contributed by atoms with Gasteiger partial charge in [-0.3, -0.25) is 0 Å². The molecule has 4 nitrogen and oxygen atoms in total. The fourth-order valence-corrected chi connectivity index (χ4v) is 3.69. The zero-order chi connectivity index (χ0) is 17.6. The molecule has 0 aromatic heterocycles. The maximum atomic E-state index is 13.8. The fourth-order valence-electron chi connectivity index (χ4n) is 2.35. The maximum absolute atomic E-state index is 13.8. The monoisotopic (exact) mass is 355 g/mol. The number of rotatable bonds is 10. The number of halogens is 1. The van der Waals surface area contributed by atoms with Crippen molar-refractivity contribution in [3.8, 4) is 5.75 Å². The molecule has 1 aromatic rings. The Kier molecular flexibility index (Phi) is 6.80. The van der Waals surface area contributed by atoms with Gasteiger partial charge < -0.3 is 4.74 Å². The van der Waals surface area contributed by atoms with Gasteiger partial charge in [0.25, 0.3) is 0 Å². The highest BCUT2D eigenvalue weighted by Gasteiger charge is 2.23. The molecule has 2 rings (SSSR count). The predicted molar refractivity (Wildman–Crippen MR) is 94.0 cm³/mol. The van der Waals surface area contributed by atoms with Crippen LogP contribution in [0.25, 0.3) is 0 Å². The Morgan fingerprint density at radius 1 is 1.42 bits per heavy atom. The Morgan fingerprint density at radius 3 is 2.83 bits per heavy atom. The van der Waals surface area contributed by atoms with Crippen LogP contribution in [0.3, 0.4) is 0 Å². The van der Waals surface area contributed by atoms with E-state index in [0.717, 1.165) is 19.3 Å². The summed E-state index contributed by atoms with van der Waals surface area (Å²) in [7, 11) is -3.37. The van der Waals surface area contributed by atoms with Gasteiger partial charge in [0.05, 0.1) is 12.4 Å². The zero-order valence-electron chi connectivity index (χ0n) is 14.3. The van der Waals surface area contributed by atoms with Crippen LogP contribution in [0.5, 0.6) is 5.75 Å². The van der Waals surface area contributed by atoms with Gasteiger partial charge in [0.2, 0.25) is 10.0 Å². The van der Waals surface area contributed by atoms with Crippen LogP contribution in [0.2, 0.25) is 0 Å². The summed E-state index contributed by atoms with van der Waals surface area (Å²) in [5, 5.41) is 0. The minimum Gasteiger partial charge on any atom is -0.490 e. The third-order valence-electron chi connectivity index (χ3n) is 4.00. The lowest BCUT2D eigenvalue weighted by molar-refractivity contribution is 0.285. The van der Waals surface area contributed by atoms with Crippen LogP contribution in [0.1, 0.15) is 51.1 Å². The first-order chi connectivity index (χ1) is 11.4. The first-order valence-corrected chi connectivity index (χ1v) is 10.1. The van der Waals surface area contributed by atoms with Crippen molar-refractivity contribution in [2.45, 2.75) is 45.6 Å². The molecule has 0 aliphatic heterocycles. The molecule has 0 radical (unpaired) electrons. The maximum Gasteiger partial charge on any atom is 0.212 e. The van der Waals surface area contributed by atoms with Gasteiger partial charge in [-0.1, -0.05) is 18.2 Å². The van der Waals surface area contributed by atoms with Crippen LogP contribution in [0, 0.1) is 11.7 Å². The van der Waals surface area contributed by atoms with Crippen LogP contribution < -0.4 is 9.46 Å². The number of hydrogen-bond acceptors (Lipinski definition) is 3. The fraction of sp³-hybridized carbons (Fsp3) is 0.556. The highest BCUT2D eigenvalue weighted by atomic mass is 32.2. The van der Waals surface area contributed by atoms with E-state index >= 15 is 0 Å². The molecule has 0 spiro atoms. The Morgan fingerprint density at radius 2 is 2.17 bits per heavy atom. The normalized spacial score (nSPS) is 16.5. The van der Waals surface area contributed by atoms with E-state index in [1.807, 2.05) is 19.1 Å². The second-order valence-electron chi connectivity index (χ2n) is 6.31. The molecular formula is C18H26FNO3S. The second kappa shape index (κ2) is 8.62. The summed E-state index contributed by atoms with van der Waals surface area (Å²) in [5.74, 6) is 0.383. The van der Waals surface area contributed by atoms with Gasteiger partial charge in [-0.25, -0.2) is 17.5 Å². The lowest BCUT2D eigenvalue weighted by Crippen LogP contribution is -2.29. The van der Waals surface area contributed by atoms with Crippen molar-refractivity contribution in [2.75, 3.05) is 12.4 Å². The SMILES string of the molecule is C/C=C/CCCS(=O)(=O)N[C@H](C)c1ccc(F)c(OCC2CC2)c1. The second-order valence-corrected chi connectivity index (χ2v) is 8.19. The molecule has 6 heteroatoms. The number of allylic oxidation sites excluding steroid dienone is 2. The van der Waals surface area contributed by atoms with E-state index in [2.05, 4.69) is 4.72 Å². The Labute approximate surface area is 144 Å². The average molecular weight is 355 g/mol. The van der Waals surface area contributed by atoms with Gasteiger partial charge >= 0.3 is 0 Å². The van der Waals surface area contributed by atoms with Crippen LogP contribution in [0.15, 0.2) is 30.4 Å². The number of unbranched alkanes of at least 4 members (excludes halogenated alkanes) is 1. The minimum atomic E-state index is -3.37. The predicted octanol–water partition coefficient (Wildman–Crippen LogP) is 3.95. The van der Waals surface area contributed by atoms with E-state index < -0.39 is 21.9 Å². The molecule has 134 valence electrons. The Hall–Kier alpha value is -1.40. The van der Waals surface area contributed by atoms with Crippen molar-refractivity contribution >= 4 is 10.0 Å². The van der Waals surface area contributed by atoms with Crippen molar-refractivity contribution < 1.29 is 17.5 Å². The highest BCUT2D eigenvalue weighted by molar-refractivity contribution is 7.89. The summed E-state index contributed by atoms with van der Waals surface area (Å²) >= 11 is 0. The molecule has 0 amide bonds. The summed E-state index contributed by atoms with van der Waals surface area (Å²) in [6.45, 7) is 4.18. The summed E-state index contributed by atoms with van der Waals surface area (Å²) in [5.41, 5.74) is 0.694. The molecule has 0 saturated heterocycles. The van der Waals surface area contributed by atoms with Crippen molar-refractivity contribution in [3.63, 3.8) is 0 Å². The van der Waals surface area contributed by atoms with E-state index in [-0.39, 0.29) is 11.5 Å². The molecule has 1 N–H and O–H groups in total. The van der Waals surface area contributed by atoms with Gasteiger partial charge in [-0.2, -0.15) is 0 Å². The lowest BCUT2D eigenvalue weighted by Gasteiger charge is -2.16. The summed E-state index contributed by atoms with van der Waals surface area (Å²) < 4.78 is 46.2. The lowest BCUT2D eigenvalue weighted by atomic mass is 10.1. The smallest absolute Gasteiger partial charge is 0.212 e.